The molecule has 0 radical (unpaired) electrons. The Bertz CT molecular complexity index is 699. The number of rotatable bonds is 7. The van der Waals surface area contributed by atoms with Crippen molar-refractivity contribution in [2.24, 2.45) is 5.10 Å². The van der Waals surface area contributed by atoms with Gasteiger partial charge >= 0.3 is 0 Å². The minimum Gasteiger partial charge on any atom is -0.352 e. The second kappa shape index (κ2) is 9.19. The van der Waals surface area contributed by atoms with Gasteiger partial charge in [-0.2, -0.15) is 5.10 Å². The number of amides is 2. The quantitative estimate of drug-likeness (QED) is 0.602. The van der Waals surface area contributed by atoms with E-state index >= 15 is 0 Å². The summed E-state index contributed by atoms with van der Waals surface area (Å²) in [6, 6.07) is 13.1. The fourth-order valence-electron chi connectivity index (χ4n) is 2.02. The number of carbonyl (C=O) groups is 2. The van der Waals surface area contributed by atoms with Gasteiger partial charge in [-0.1, -0.05) is 36.4 Å². The van der Waals surface area contributed by atoms with E-state index in [1.807, 2.05) is 42.5 Å². The lowest BCUT2D eigenvalue weighted by Crippen LogP contribution is -2.26. The summed E-state index contributed by atoms with van der Waals surface area (Å²) < 4.78 is 0. The summed E-state index contributed by atoms with van der Waals surface area (Å²) in [6.07, 6.45) is 3.77. The Balaban J connectivity index is 1.72. The van der Waals surface area contributed by atoms with Crippen LogP contribution >= 0.6 is 0 Å². The lowest BCUT2D eigenvalue weighted by atomic mass is 10.1. The van der Waals surface area contributed by atoms with Crippen molar-refractivity contribution in [3.63, 3.8) is 0 Å². The molecule has 2 rings (SSSR count). The summed E-state index contributed by atoms with van der Waals surface area (Å²) in [5.41, 5.74) is 4.85. The molecule has 0 aliphatic heterocycles. The summed E-state index contributed by atoms with van der Waals surface area (Å²) in [6.45, 7) is 2.12. The SMILES string of the molecule is CC(CC(=O)NCc1cccnc1)=NNC(=O)Cc1ccccc1. The van der Waals surface area contributed by atoms with Gasteiger partial charge in [0.1, 0.15) is 0 Å². The van der Waals surface area contributed by atoms with Crippen LogP contribution in [0.2, 0.25) is 0 Å². The van der Waals surface area contributed by atoms with Gasteiger partial charge in [0.05, 0.1) is 12.8 Å². The van der Waals surface area contributed by atoms with Crippen LogP contribution in [0.1, 0.15) is 24.5 Å². The first-order valence-electron chi connectivity index (χ1n) is 7.65. The third kappa shape index (κ3) is 6.39. The summed E-state index contributed by atoms with van der Waals surface area (Å²) >= 11 is 0. The van der Waals surface area contributed by atoms with Gasteiger partial charge in [0, 0.05) is 24.7 Å². The Labute approximate surface area is 141 Å². The van der Waals surface area contributed by atoms with Gasteiger partial charge in [0.25, 0.3) is 0 Å². The average molecular weight is 324 g/mol. The van der Waals surface area contributed by atoms with Crippen LogP contribution in [-0.4, -0.2) is 22.5 Å². The monoisotopic (exact) mass is 324 g/mol. The first-order chi connectivity index (χ1) is 11.6. The maximum atomic E-state index is 11.8. The van der Waals surface area contributed by atoms with Crippen molar-refractivity contribution < 1.29 is 9.59 Å². The number of nitrogens with one attached hydrogen (secondary N) is 2. The Kier molecular flexibility index (Phi) is 6.64. The Morgan fingerprint density at radius 3 is 2.50 bits per heavy atom. The lowest BCUT2D eigenvalue weighted by Gasteiger charge is -2.05. The number of hydrogen-bond acceptors (Lipinski definition) is 4. The van der Waals surface area contributed by atoms with Gasteiger partial charge in [-0.25, -0.2) is 5.43 Å². The third-order valence-electron chi connectivity index (χ3n) is 3.21. The number of benzene rings is 1. The fourth-order valence-corrected chi connectivity index (χ4v) is 2.02. The summed E-state index contributed by atoms with van der Waals surface area (Å²) in [4.78, 5) is 27.6. The van der Waals surface area contributed by atoms with Crippen molar-refractivity contribution in [2.75, 3.05) is 0 Å². The number of pyridine rings is 1. The molecule has 124 valence electrons. The smallest absolute Gasteiger partial charge is 0.244 e. The van der Waals surface area contributed by atoms with Crippen molar-refractivity contribution in [3.8, 4) is 0 Å². The predicted octanol–water partition coefficient (Wildman–Crippen LogP) is 1.82. The van der Waals surface area contributed by atoms with Gasteiger partial charge in [-0.15, -0.1) is 0 Å². The molecule has 2 aromatic rings. The van der Waals surface area contributed by atoms with E-state index in [1.54, 1.807) is 19.3 Å². The third-order valence-corrected chi connectivity index (χ3v) is 3.21. The molecule has 0 saturated carbocycles. The topological polar surface area (TPSA) is 83.4 Å². The zero-order valence-electron chi connectivity index (χ0n) is 13.5. The molecule has 0 unspecified atom stereocenters. The van der Waals surface area contributed by atoms with E-state index in [9.17, 15) is 9.59 Å². The molecular weight excluding hydrogens is 304 g/mol. The van der Waals surface area contributed by atoms with Crippen LogP contribution < -0.4 is 10.7 Å². The van der Waals surface area contributed by atoms with E-state index < -0.39 is 0 Å². The summed E-state index contributed by atoms with van der Waals surface area (Å²) in [5, 5.41) is 6.74. The van der Waals surface area contributed by atoms with E-state index in [-0.39, 0.29) is 24.7 Å². The lowest BCUT2D eigenvalue weighted by molar-refractivity contribution is -0.121. The van der Waals surface area contributed by atoms with Gasteiger partial charge < -0.3 is 5.32 Å². The van der Waals surface area contributed by atoms with Gasteiger partial charge in [-0.3, -0.25) is 14.6 Å². The van der Waals surface area contributed by atoms with Gasteiger partial charge in [-0.05, 0) is 24.1 Å². The highest BCUT2D eigenvalue weighted by Gasteiger charge is 2.05. The van der Waals surface area contributed by atoms with Crippen LogP contribution in [0.15, 0.2) is 60.0 Å². The van der Waals surface area contributed by atoms with Crippen LogP contribution in [0.3, 0.4) is 0 Å². The minimum atomic E-state index is -0.212. The summed E-state index contributed by atoms with van der Waals surface area (Å²) in [5.74, 6) is -0.367. The number of carbonyl (C=O) groups excluding carboxylic acids is 2. The standard InChI is InChI=1S/C18H20N4O2/c1-14(10-17(23)20-13-16-8-5-9-19-12-16)21-22-18(24)11-15-6-3-2-4-7-15/h2-9,12H,10-11,13H2,1H3,(H,20,23)(H,22,24). The molecule has 2 amide bonds. The maximum Gasteiger partial charge on any atom is 0.244 e. The molecule has 1 heterocycles. The molecule has 0 aliphatic carbocycles. The highest BCUT2D eigenvalue weighted by Crippen LogP contribution is 1.99. The Hall–Kier alpha value is -3.02. The van der Waals surface area contributed by atoms with E-state index in [4.69, 9.17) is 0 Å². The van der Waals surface area contributed by atoms with Crippen molar-refractivity contribution in [1.29, 1.82) is 0 Å². The number of hydrazone groups is 1. The highest BCUT2D eigenvalue weighted by molar-refractivity contribution is 6.00. The molecule has 0 saturated heterocycles. The largest absolute Gasteiger partial charge is 0.352 e. The normalized spacial score (nSPS) is 11.0. The second-order valence-corrected chi connectivity index (χ2v) is 5.36. The predicted molar refractivity (Wildman–Crippen MR) is 92.1 cm³/mol. The van der Waals surface area contributed by atoms with Gasteiger partial charge in [0.2, 0.25) is 11.8 Å². The van der Waals surface area contributed by atoms with E-state index in [2.05, 4.69) is 20.8 Å². The van der Waals surface area contributed by atoms with Crippen LogP contribution in [0, 0.1) is 0 Å². The number of nitrogens with zero attached hydrogens (tertiary/aromatic N) is 2. The van der Waals surface area contributed by atoms with Crippen LogP contribution in [0.25, 0.3) is 0 Å². The van der Waals surface area contributed by atoms with Gasteiger partial charge in [0.15, 0.2) is 0 Å². The molecule has 2 N–H and O–H groups in total. The van der Waals surface area contributed by atoms with E-state index in [0.717, 1.165) is 11.1 Å². The average Bonchev–Trinajstić information content (AvgIpc) is 2.60. The van der Waals surface area contributed by atoms with E-state index in [0.29, 0.717) is 12.3 Å². The fraction of sp³-hybridized carbons (Fsp3) is 0.222. The molecular formula is C18H20N4O2. The molecule has 0 bridgehead atoms. The molecule has 0 spiro atoms. The highest BCUT2D eigenvalue weighted by atomic mass is 16.2. The molecule has 24 heavy (non-hydrogen) atoms. The molecule has 0 aliphatic rings. The second-order valence-electron chi connectivity index (χ2n) is 5.36. The first-order valence-corrected chi connectivity index (χ1v) is 7.65. The zero-order chi connectivity index (χ0) is 17.2. The minimum absolute atomic E-state index is 0.131. The van der Waals surface area contributed by atoms with Crippen molar-refractivity contribution in [2.45, 2.75) is 26.3 Å². The number of aromatic nitrogens is 1. The van der Waals surface area contributed by atoms with E-state index in [1.165, 1.54) is 0 Å². The molecule has 0 atom stereocenters. The maximum absolute atomic E-state index is 11.8. The summed E-state index contributed by atoms with van der Waals surface area (Å²) in [7, 11) is 0. The van der Waals surface area contributed by atoms with Crippen molar-refractivity contribution in [3.05, 3.63) is 66.0 Å². The molecule has 6 nitrogen and oxygen atoms in total. The Morgan fingerprint density at radius 2 is 1.79 bits per heavy atom. The van der Waals surface area contributed by atoms with Crippen LogP contribution in [0.4, 0.5) is 0 Å². The molecule has 6 heteroatoms. The molecule has 0 fully saturated rings. The van der Waals surface area contributed by atoms with Crippen molar-refractivity contribution in [1.82, 2.24) is 15.7 Å². The first kappa shape index (κ1) is 17.3. The van der Waals surface area contributed by atoms with Crippen LogP contribution in [-0.2, 0) is 22.6 Å². The number of hydrogen-bond donors (Lipinski definition) is 2. The molecule has 1 aromatic heterocycles. The molecule has 1 aromatic carbocycles. The zero-order valence-corrected chi connectivity index (χ0v) is 13.5. The Morgan fingerprint density at radius 1 is 1.04 bits per heavy atom. The van der Waals surface area contributed by atoms with Crippen LogP contribution in [0.5, 0.6) is 0 Å². The van der Waals surface area contributed by atoms with Crippen molar-refractivity contribution >= 4 is 17.5 Å².